The number of anilines is 1. The predicted octanol–water partition coefficient (Wildman–Crippen LogP) is 3.92. The number of cyclic esters (lactones) is 2. The van der Waals surface area contributed by atoms with Crippen molar-refractivity contribution in [3.05, 3.63) is 91.1 Å². The Balaban J connectivity index is 1.79. The highest BCUT2D eigenvalue weighted by molar-refractivity contribution is 6.06. The maximum absolute atomic E-state index is 13.9. The number of non-ortho nitro benzene ring substituents is 2. The van der Waals surface area contributed by atoms with Gasteiger partial charge in [0.05, 0.1) is 21.6 Å². The summed E-state index contributed by atoms with van der Waals surface area (Å²) in [6, 6.07) is 9.57. The number of ether oxygens (including phenoxy) is 2. The third-order valence-electron chi connectivity index (χ3n) is 6.61. The van der Waals surface area contributed by atoms with Crippen LogP contribution in [0, 0.1) is 32.6 Å². The highest BCUT2D eigenvalue weighted by atomic mass is 16.7. The molecule has 0 amide bonds. The molecule has 0 aliphatic carbocycles. The average Bonchev–Trinajstić information content (AvgIpc) is 3.21. The molecule has 2 atom stereocenters. The molecular formula is C24H20N4O9. The normalized spacial score (nSPS) is 21.4. The molecule has 0 saturated carbocycles. The molecular weight excluding hydrogens is 488 g/mol. The average molecular weight is 508 g/mol. The van der Waals surface area contributed by atoms with E-state index in [2.05, 4.69) is 10.5 Å². The first kappa shape index (κ1) is 23.9. The van der Waals surface area contributed by atoms with Gasteiger partial charge in [0.25, 0.3) is 17.2 Å². The van der Waals surface area contributed by atoms with E-state index < -0.39 is 44.9 Å². The van der Waals surface area contributed by atoms with E-state index in [9.17, 15) is 29.8 Å². The molecule has 13 nitrogen and oxygen atoms in total. The fourth-order valence-corrected chi connectivity index (χ4v) is 5.00. The molecule has 2 unspecified atom stereocenters. The molecule has 190 valence electrons. The van der Waals surface area contributed by atoms with E-state index in [1.165, 1.54) is 62.4 Å². The number of nitro benzene ring substituents is 2. The van der Waals surface area contributed by atoms with Gasteiger partial charge in [-0.3, -0.25) is 29.8 Å². The van der Waals surface area contributed by atoms with E-state index in [0.29, 0.717) is 22.4 Å². The van der Waals surface area contributed by atoms with Crippen LogP contribution in [-0.2, 0) is 19.1 Å². The summed E-state index contributed by atoms with van der Waals surface area (Å²) in [4.78, 5) is 49.2. The van der Waals surface area contributed by atoms with Crippen LogP contribution in [0.2, 0.25) is 0 Å². The maximum Gasteiger partial charge on any atom is 0.330 e. The molecule has 3 aromatic rings. The number of nitrogens with one attached hydrogen (secondary N) is 1. The van der Waals surface area contributed by atoms with Crippen molar-refractivity contribution in [2.75, 3.05) is 5.32 Å². The molecule has 13 heteroatoms. The van der Waals surface area contributed by atoms with Crippen LogP contribution >= 0.6 is 0 Å². The van der Waals surface area contributed by atoms with Gasteiger partial charge in [0.15, 0.2) is 0 Å². The number of rotatable bonds is 4. The molecule has 2 aliphatic rings. The minimum absolute atomic E-state index is 0.167. The zero-order chi connectivity index (χ0) is 26.7. The third kappa shape index (κ3) is 3.58. The lowest BCUT2D eigenvalue weighted by Crippen LogP contribution is -2.61. The number of hydrogen-bond acceptors (Lipinski definition) is 11. The summed E-state index contributed by atoms with van der Waals surface area (Å²) in [6.45, 7) is 4.47. The van der Waals surface area contributed by atoms with Crippen LogP contribution in [0.4, 0.5) is 17.3 Å². The topological polar surface area (TPSA) is 177 Å². The molecule has 1 spiro atoms. The Morgan fingerprint density at radius 3 is 1.84 bits per heavy atom. The van der Waals surface area contributed by atoms with E-state index in [1.54, 1.807) is 6.92 Å². The van der Waals surface area contributed by atoms with Gasteiger partial charge in [0, 0.05) is 49.6 Å². The van der Waals surface area contributed by atoms with Crippen LogP contribution in [0.1, 0.15) is 48.2 Å². The number of carbonyl (C=O) groups is 2. The second-order valence-electron chi connectivity index (χ2n) is 9.27. The Kier molecular flexibility index (Phi) is 5.24. The van der Waals surface area contributed by atoms with Crippen molar-refractivity contribution in [1.82, 2.24) is 5.16 Å². The molecule has 1 fully saturated rings. The largest absolute Gasteiger partial charge is 0.422 e. The number of aryl methyl sites for hydroxylation is 1. The number of fused-ring (bicyclic) bond motifs is 1. The van der Waals surface area contributed by atoms with Crippen LogP contribution in [0.25, 0.3) is 0 Å². The van der Waals surface area contributed by atoms with Crippen molar-refractivity contribution >= 4 is 29.2 Å². The third-order valence-corrected chi connectivity index (χ3v) is 6.61. The Morgan fingerprint density at radius 1 is 0.865 bits per heavy atom. The van der Waals surface area contributed by atoms with E-state index in [4.69, 9.17) is 14.0 Å². The van der Waals surface area contributed by atoms with Crippen molar-refractivity contribution in [1.29, 1.82) is 0 Å². The van der Waals surface area contributed by atoms with Gasteiger partial charge in [-0.2, -0.15) is 0 Å². The molecule has 0 bridgehead atoms. The lowest BCUT2D eigenvalue weighted by molar-refractivity contribution is -0.385. The summed E-state index contributed by atoms with van der Waals surface area (Å²) in [7, 11) is 0. The number of hydrogen-bond donors (Lipinski definition) is 1. The number of benzene rings is 2. The van der Waals surface area contributed by atoms with Crippen LogP contribution in [0.15, 0.2) is 53.1 Å². The van der Waals surface area contributed by atoms with Gasteiger partial charge in [0.2, 0.25) is 11.3 Å². The number of nitro groups is 2. The van der Waals surface area contributed by atoms with Crippen molar-refractivity contribution < 1.29 is 33.4 Å². The summed E-state index contributed by atoms with van der Waals surface area (Å²) in [5.74, 6) is -4.28. The zero-order valence-corrected chi connectivity index (χ0v) is 19.8. The van der Waals surface area contributed by atoms with E-state index in [-0.39, 0.29) is 17.3 Å². The molecule has 1 aromatic heterocycles. The predicted molar refractivity (Wildman–Crippen MR) is 124 cm³/mol. The Hall–Kier alpha value is -4.81. The van der Waals surface area contributed by atoms with Crippen LogP contribution in [-0.4, -0.2) is 32.7 Å². The number of carbonyl (C=O) groups excluding carboxylic acids is 2. The summed E-state index contributed by atoms with van der Waals surface area (Å²) in [5.41, 5.74) is -0.989. The number of aromatic nitrogens is 1. The summed E-state index contributed by atoms with van der Waals surface area (Å²) < 4.78 is 16.7. The van der Waals surface area contributed by atoms with Gasteiger partial charge in [0.1, 0.15) is 0 Å². The number of nitrogens with zero attached hydrogens (tertiary/aromatic N) is 3. The molecule has 1 N–H and O–H groups in total. The first-order chi connectivity index (χ1) is 17.5. The minimum atomic E-state index is -2.08. The standard InChI is InChI=1S/C24H20N4O9/c1-12-17-18(13-4-8-15(9-5-13)27(31)32)24(21(29)35-23(2,3)36-22(24)30)19(25-20(17)37-26-12)14-6-10-16(11-7-14)28(33)34/h4-11,18-19,25H,1-3H3. The van der Waals surface area contributed by atoms with Gasteiger partial charge >= 0.3 is 11.9 Å². The second kappa shape index (κ2) is 8.11. The SMILES string of the molecule is Cc1noc2c1C(c1ccc([N+](=O)[O-])cc1)C1(C(=O)OC(C)(C)OC1=O)C(c1ccc([N+](=O)[O-])cc1)N2. The van der Waals surface area contributed by atoms with E-state index in [0.717, 1.165) is 0 Å². The molecule has 1 saturated heterocycles. The second-order valence-corrected chi connectivity index (χ2v) is 9.27. The van der Waals surface area contributed by atoms with Gasteiger partial charge in [-0.1, -0.05) is 29.4 Å². The van der Waals surface area contributed by atoms with Gasteiger partial charge in [-0.15, -0.1) is 0 Å². The Bertz CT molecular complexity index is 1420. The van der Waals surface area contributed by atoms with Crippen molar-refractivity contribution in [2.45, 2.75) is 38.5 Å². The van der Waals surface area contributed by atoms with Crippen molar-refractivity contribution in [3.8, 4) is 0 Å². The maximum atomic E-state index is 13.9. The van der Waals surface area contributed by atoms with E-state index >= 15 is 0 Å². The quantitative estimate of drug-likeness (QED) is 0.234. The van der Waals surface area contributed by atoms with Gasteiger partial charge in [-0.05, 0) is 18.1 Å². The minimum Gasteiger partial charge on any atom is -0.422 e. The fourth-order valence-electron chi connectivity index (χ4n) is 5.00. The van der Waals surface area contributed by atoms with Crippen LogP contribution < -0.4 is 5.32 Å². The first-order valence-electron chi connectivity index (χ1n) is 11.1. The Labute approximate surface area is 208 Å². The molecule has 3 heterocycles. The van der Waals surface area contributed by atoms with Crippen molar-refractivity contribution in [3.63, 3.8) is 0 Å². The zero-order valence-electron chi connectivity index (χ0n) is 19.8. The fraction of sp³-hybridized carbons (Fsp3) is 0.292. The summed E-state index contributed by atoms with van der Waals surface area (Å²) >= 11 is 0. The lowest BCUT2D eigenvalue weighted by atomic mass is 9.60. The van der Waals surface area contributed by atoms with Crippen LogP contribution in [0.3, 0.4) is 0 Å². The summed E-state index contributed by atoms with van der Waals surface area (Å²) in [5, 5.41) is 29.5. The first-order valence-corrected chi connectivity index (χ1v) is 11.1. The van der Waals surface area contributed by atoms with Crippen molar-refractivity contribution in [2.24, 2.45) is 5.41 Å². The van der Waals surface area contributed by atoms with Crippen LogP contribution in [0.5, 0.6) is 0 Å². The lowest BCUT2D eigenvalue weighted by Gasteiger charge is -2.49. The smallest absolute Gasteiger partial charge is 0.330 e. The molecule has 0 radical (unpaired) electrons. The molecule has 2 aromatic carbocycles. The number of esters is 2. The Morgan fingerprint density at radius 2 is 1.35 bits per heavy atom. The monoisotopic (exact) mass is 508 g/mol. The van der Waals surface area contributed by atoms with Gasteiger partial charge < -0.3 is 19.3 Å². The van der Waals surface area contributed by atoms with E-state index in [1.807, 2.05) is 0 Å². The molecule has 5 rings (SSSR count). The summed E-state index contributed by atoms with van der Waals surface area (Å²) in [6.07, 6.45) is 0. The highest BCUT2D eigenvalue weighted by Gasteiger charge is 2.68. The highest BCUT2D eigenvalue weighted by Crippen LogP contribution is 2.59. The molecule has 2 aliphatic heterocycles. The van der Waals surface area contributed by atoms with Gasteiger partial charge in [-0.25, -0.2) is 0 Å². The molecule has 37 heavy (non-hydrogen) atoms.